The zero-order valence-corrected chi connectivity index (χ0v) is 16.5. The summed E-state index contributed by atoms with van der Waals surface area (Å²) in [5.74, 6) is 0.862. The zero-order valence-electron chi connectivity index (χ0n) is 16.5. The maximum Gasteiger partial charge on any atom is 0.190 e. The number of hydrogen-bond acceptors (Lipinski definition) is 3. The van der Waals surface area contributed by atoms with Crippen LogP contribution in [0.5, 0.6) is 0 Å². The Balaban J connectivity index is 1.60. The Labute approximate surface area is 157 Å². The summed E-state index contributed by atoms with van der Waals surface area (Å²) >= 11 is 0. The Kier molecular flexibility index (Phi) is 7.99. The largest absolute Gasteiger partial charge is 0.375 e. The van der Waals surface area contributed by atoms with Gasteiger partial charge in [-0.25, -0.2) is 0 Å². The van der Waals surface area contributed by atoms with Crippen molar-refractivity contribution < 1.29 is 0 Å². The topological polar surface area (TPSA) is 57.5 Å². The molecule has 0 atom stereocenters. The van der Waals surface area contributed by atoms with Crippen molar-refractivity contribution in [2.24, 2.45) is 4.99 Å². The van der Waals surface area contributed by atoms with E-state index in [1.165, 1.54) is 11.4 Å². The number of benzene rings is 1. The highest BCUT2D eigenvalue weighted by Crippen LogP contribution is 2.10. The lowest BCUT2D eigenvalue weighted by Gasteiger charge is -2.19. The molecule has 0 spiro atoms. The lowest BCUT2D eigenvalue weighted by atomic mass is 10.3. The van der Waals surface area contributed by atoms with Crippen LogP contribution in [0.2, 0.25) is 0 Å². The van der Waals surface area contributed by atoms with Gasteiger partial charge >= 0.3 is 0 Å². The van der Waals surface area contributed by atoms with Gasteiger partial charge in [-0.1, -0.05) is 18.2 Å². The van der Waals surface area contributed by atoms with E-state index in [1.807, 2.05) is 20.0 Å². The second kappa shape index (κ2) is 10.5. The molecule has 0 saturated carbocycles. The number of para-hydroxylation sites is 1. The second-order valence-electron chi connectivity index (χ2n) is 6.54. The van der Waals surface area contributed by atoms with E-state index in [0.717, 1.165) is 50.7 Å². The van der Waals surface area contributed by atoms with Crippen molar-refractivity contribution >= 4 is 11.6 Å². The van der Waals surface area contributed by atoms with Crippen molar-refractivity contribution in [3.8, 4) is 0 Å². The summed E-state index contributed by atoms with van der Waals surface area (Å²) < 4.78 is 2.06. The van der Waals surface area contributed by atoms with Crippen LogP contribution in [0.25, 0.3) is 0 Å². The van der Waals surface area contributed by atoms with E-state index >= 15 is 0 Å². The van der Waals surface area contributed by atoms with Crippen LogP contribution in [-0.2, 0) is 6.54 Å². The zero-order chi connectivity index (χ0) is 18.8. The highest BCUT2D eigenvalue weighted by atomic mass is 15.3. The van der Waals surface area contributed by atoms with Crippen LogP contribution >= 0.6 is 0 Å². The van der Waals surface area contributed by atoms with Gasteiger partial charge in [0.1, 0.15) is 0 Å². The fourth-order valence-corrected chi connectivity index (χ4v) is 2.89. The molecule has 6 nitrogen and oxygen atoms in total. The predicted octanol–water partition coefficient (Wildman–Crippen LogP) is 2.58. The third-order valence-corrected chi connectivity index (χ3v) is 4.33. The van der Waals surface area contributed by atoms with Crippen LogP contribution < -0.4 is 15.5 Å². The fourth-order valence-electron chi connectivity index (χ4n) is 2.89. The van der Waals surface area contributed by atoms with E-state index in [2.05, 4.69) is 74.6 Å². The number of aromatic nitrogens is 2. The average Bonchev–Trinajstić information content (AvgIpc) is 2.98. The van der Waals surface area contributed by atoms with Crippen molar-refractivity contribution in [2.75, 3.05) is 38.6 Å². The van der Waals surface area contributed by atoms with Crippen LogP contribution in [0.3, 0.4) is 0 Å². The molecule has 6 heteroatoms. The summed E-state index contributed by atoms with van der Waals surface area (Å²) in [5.41, 5.74) is 3.54. The van der Waals surface area contributed by atoms with Gasteiger partial charge in [-0.3, -0.25) is 9.67 Å². The van der Waals surface area contributed by atoms with Crippen LogP contribution in [0.1, 0.15) is 24.2 Å². The lowest BCUT2D eigenvalue weighted by molar-refractivity contribution is 0.555. The maximum absolute atomic E-state index is 4.49. The summed E-state index contributed by atoms with van der Waals surface area (Å²) in [4.78, 5) is 6.56. The summed E-state index contributed by atoms with van der Waals surface area (Å²) in [6.07, 6.45) is 2.07. The molecule has 2 aromatic rings. The summed E-state index contributed by atoms with van der Waals surface area (Å²) in [5, 5.41) is 11.2. The molecule has 1 heterocycles. The lowest BCUT2D eigenvalue weighted by Crippen LogP contribution is -2.39. The Hall–Kier alpha value is -2.50. The first kappa shape index (κ1) is 19.8. The average molecular weight is 357 g/mol. The van der Waals surface area contributed by atoms with Crippen molar-refractivity contribution in [3.63, 3.8) is 0 Å². The quantitative estimate of drug-likeness (QED) is 0.412. The Morgan fingerprint density at radius 3 is 2.42 bits per heavy atom. The van der Waals surface area contributed by atoms with Crippen molar-refractivity contribution in [3.05, 3.63) is 47.8 Å². The van der Waals surface area contributed by atoms with Gasteiger partial charge in [0.25, 0.3) is 0 Å². The molecular weight excluding hydrogens is 324 g/mol. The van der Waals surface area contributed by atoms with Crippen molar-refractivity contribution in [1.29, 1.82) is 0 Å². The number of aryl methyl sites for hydroxylation is 3. The summed E-state index contributed by atoms with van der Waals surface area (Å²) in [6.45, 7) is 7.83. The summed E-state index contributed by atoms with van der Waals surface area (Å²) in [7, 11) is 3.94. The molecular formula is C20H32N6. The van der Waals surface area contributed by atoms with Gasteiger partial charge in [0.15, 0.2) is 5.96 Å². The van der Waals surface area contributed by atoms with Gasteiger partial charge in [-0.05, 0) is 44.9 Å². The second-order valence-corrected chi connectivity index (χ2v) is 6.54. The first-order valence-electron chi connectivity index (χ1n) is 9.32. The van der Waals surface area contributed by atoms with Crippen LogP contribution in [0.4, 0.5) is 5.69 Å². The van der Waals surface area contributed by atoms with Gasteiger partial charge in [0.2, 0.25) is 0 Å². The number of guanidine groups is 1. The van der Waals surface area contributed by atoms with E-state index in [-0.39, 0.29) is 0 Å². The standard InChI is InChI=1S/C20H32N6/c1-17-16-18(2)26(24-17)15-9-13-23-20(21-3)22-12-8-14-25(4)19-10-6-5-7-11-19/h5-7,10-11,16H,8-9,12-15H2,1-4H3,(H2,21,22,23). The first-order chi connectivity index (χ1) is 12.6. The number of aliphatic imine (C=N–C) groups is 1. The minimum atomic E-state index is 0.862. The highest BCUT2D eigenvalue weighted by molar-refractivity contribution is 5.79. The molecule has 0 aliphatic rings. The summed E-state index contributed by atoms with van der Waals surface area (Å²) in [6, 6.07) is 12.6. The molecule has 0 saturated heterocycles. The SMILES string of the molecule is CN=C(NCCCN(C)c1ccccc1)NCCCn1nc(C)cc1C. The van der Waals surface area contributed by atoms with Gasteiger partial charge in [-0.2, -0.15) is 5.10 Å². The van der Waals surface area contributed by atoms with Crippen molar-refractivity contribution in [2.45, 2.75) is 33.2 Å². The molecule has 0 radical (unpaired) electrons. The molecule has 0 fully saturated rings. The third kappa shape index (κ3) is 6.43. The van der Waals surface area contributed by atoms with Crippen LogP contribution in [0, 0.1) is 13.8 Å². The van der Waals surface area contributed by atoms with E-state index in [0.29, 0.717) is 0 Å². The number of nitrogens with one attached hydrogen (secondary N) is 2. The van der Waals surface area contributed by atoms with E-state index in [9.17, 15) is 0 Å². The van der Waals surface area contributed by atoms with Crippen molar-refractivity contribution in [1.82, 2.24) is 20.4 Å². The van der Waals surface area contributed by atoms with E-state index < -0.39 is 0 Å². The molecule has 0 aliphatic heterocycles. The van der Waals surface area contributed by atoms with Gasteiger partial charge in [0, 0.05) is 51.7 Å². The van der Waals surface area contributed by atoms with Crippen LogP contribution in [0.15, 0.2) is 41.4 Å². The number of hydrogen-bond donors (Lipinski definition) is 2. The smallest absolute Gasteiger partial charge is 0.190 e. The van der Waals surface area contributed by atoms with Gasteiger partial charge < -0.3 is 15.5 Å². The molecule has 0 unspecified atom stereocenters. The number of anilines is 1. The highest BCUT2D eigenvalue weighted by Gasteiger charge is 2.02. The number of nitrogens with zero attached hydrogens (tertiary/aromatic N) is 4. The third-order valence-electron chi connectivity index (χ3n) is 4.33. The fraction of sp³-hybridized carbons (Fsp3) is 0.500. The minimum absolute atomic E-state index is 0.862. The van der Waals surface area contributed by atoms with Gasteiger partial charge in [0.05, 0.1) is 5.69 Å². The normalized spacial score (nSPS) is 11.5. The predicted molar refractivity (Wildman–Crippen MR) is 110 cm³/mol. The Morgan fingerprint density at radius 2 is 1.81 bits per heavy atom. The molecule has 0 bridgehead atoms. The Bertz CT molecular complexity index is 677. The Morgan fingerprint density at radius 1 is 1.12 bits per heavy atom. The molecule has 2 rings (SSSR count). The molecule has 2 N–H and O–H groups in total. The van der Waals surface area contributed by atoms with Crippen LogP contribution in [-0.4, -0.2) is 49.5 Å². The molecule has 0 amide bonds. The molecule has 0 aliphatic carbocycles. The maximum atomic E-state index is 4.49. The molecule has 26 heavy (non-hydrogen) atoms. The van der Waals surface area contributed by atoms with E-state index in [4.69, 9.17) is 0 Å². The molecule has 142 valence electrons. The minimum Gasteiger partial charge on any atom is -0.375 e. The molecule has 1 aromatic carbocycles. The molecule has 1 aromatic heterocycles. The monoisotopic (exact) mass is 356 g/mol. The van der Waals surface area contributed by atoms with E-state index in [1.54, 1.807) is 0 Å². The number of rotatable bonds is 9. The van der Waals surface area contributed by atoms with Gasteiger partial charge in [-0.15, -0.1) is 0 Å². The first-order valence-corrected chi connectivity index (χ1v) is 9.32.